The standard InChI is InChI=1S/C12H15NO2S/c1-2-15-12(14)11-7-10(8-13-9-11)5-3-4-6-16/h3,5,7-9,16H,2,4,6H2,1H3. The van der Waals surface area contributed by atoms with Gasteiger partial charge >= 0.3 is 5.97 Å². The number of allylic oxidation sites excluding steroid dienone is 1. The molecular formula is C12H15NO2S. The summed E-state index contributed by atoms with van der Waals surface area (Å²) in [6.07, 6.45) is 8.03. The Morgan fingerprint density at radius 3 is 3.06 bits per heavy atom. The van der Waals surface area contributed by atoms with E-state index in [1.165, 1.54) is 6.20 Å². The van der Waals surface area contributed by atoms with Gasteiger partial charge in [-0.15, -0.1) is 0 Å². The van der Waals surface area contributed by atoms with E-state index in [-0.39, 0.29) is 5.97 Å². The van der Waals surface area contributed by atoms with Gasteiger partial charge in [-0.3, -0.25) is 4.98 Å². The zero-order valence-electron chi connectivity index (χ0n) is 9.22. The van der Waals surface area contributed by atoms with Crippen LogP contribution < -0.4 is 0 Å². The number of thiol groups is 1. The van der Waals surface area contributed by atoms with Crippen LogP contribution in [-0.2, 0) is 4.74 Å². The molecule has 0 amide bonds. The molecule has 0 bridgehead atoms. The molecule has 0 aromatic carbocycles. The highest BCUT2D eigenvalue weighted by molar-refractivity contribution is 7.80. The fraction of sp³-hybridized carbons (Fsp3) is 0.333. The number of rotatable bonds is 5. The van der Waals surface area contributed by atoms with E-state index >= 15 is 0 Å². The van der Waals surface area contributed by atoms with E-state index in [4.69, 9.17) is 4.74 Å². The first kappa shape index (κ1) is 12.8. The average Bonchev–Trinajstić information content (AvgIpc) is 2.30. The maximum Gasteiger partial charge on any atom is 0.339 e. The van der Waals surface area contributed by atoms with Gasteiger partial charge in [0.1, 0.15) is 0 Å². The lowest BCUT2D eigenvalue weighted by Gasteiger charge is -2.01. The summed E-state index contributed by atoms with van der Waals surface area (Å²) in [4.78, 5) is 15.4. The number of esters is 1. The monoisotopic (exact) mass is 237 g/mol. The van der Waals surface area contributed by atoms with Crippen LogP contribution in [0.2, 0.25) is 0 Å². The van der Waals surface area contributed by atoms with E-state index in [2.05, 4.69) is 17.6 Å². The van der Waals surface area contributed by atoms with Crippen LogP contribution >= 0.6 is 12.6 Å². The Kier molecular flexibility index (Phi) is 5.64. The Bertz CT molecular complexity index is 377. The molecule has 0 atom stereocenters. The molecule has 86 valence electrons. The van der Waals surface area contributed by atoms with Crippen molar-refractivity contribution in [2.24, 2.45) is 0 Å². The molecule has 0 aliphatic carbocycles. The number of carbonyl (C=O) groups excluding carboxylic acids is 1. The predicted octanol–water partition coefficient (Wildman–Crippen LogP) is 2.59. The first-order chi connectivity index (χ1) is 7.77. The Balaban J connectivity index is 2.74. The molecule has 4 heteroatoms. The lowest BCUT2D eigenvalue weighted by atomic mass is 10.2. The SMILES string of the molecule is CCOC(=O)c1cncc(C=CCCS)c1. The molecular weight excluding hydrogens is 222 g/mol. The molecule has 1 rings (SSSR count). The van der Waals surface area contributed by atoms with Gasteiger partial charge in [-0.05, 0) is 30.7 Å². The third kappa shape index (κ3) is 4.06. The molecule has 16 heavy (non-hydrogen) atoms. The smallest absolute Gasteiger partial charge is 0.339 e. The van der Waals surface area contributed by atoms with Crippen LogP contribution in [0, 0.1) is 0 Å². The quantitative estimate of drug-likeness (QED) is 0.632. The van der Waals surface area contributed by atoms with E-state index in [0.29, 0.717) is 12.2 Å². The Hall–Kier alpha value is -1.29. The van der Waals surface area contributed by atoms with Crippen LogP contribution in [0.15, 0.2) is 24.5 Å². The van der Waals surface area contributed by atoms with Gasteiger partial charge in [-0.25, -0.2) is 4.79 Å². The Labute approximate surface area is 101 Å². The topological polar surface area (TPSA) is 39.2 Å². The van der Waals surface area contributed by atoms with Gasteiger partial charge in [-0.2, -0.15) is 12.6 Å². The lowest BCUT2D eigenvalue weighted by molar-refractivity contribution is 0.0526. The van der Waals surface area contributed by atoms with Crippen LogP contribution in [-0.4, -0.2) is 23.3 Å². The third-order valence-corrected chi connectivity index (χ3v) is 2.13. The fourth-order valence-electron chi connectivity index (χ4n) is 1.17. The highest BCUT2D eigenvalue weighted by Crippen LogP contribution is 2.07. The van der Waals surface area contributed by atoms with Gasteiger partial charge in [0.15, 0.2) is 0 Å². The largest absolute Gasteiger partial charge is 0.462 e. The number of aromatic nitrogens is 1. The Morgan fingerprint density at radius 1 is 1.56 bits per heavy atom. The first-order valence-corrected chi connectivity index (χ1v) is 5.80. The van der Waals surface area contributed by atoms with Crippen LogP contribution in [0.5, 0.6) is 0 Å². The summed E-state index contributed by atoms with van der Waals surface area (Å²) in [7, 11) is 0. The molecule has 3 nitrogen and oxygen atoms in total. The lowest BCUT2D eigenvalue weighted by Crippen LogP contribution is -2.05. The number of carbonyl (C=O) groups is 1. The van der Waals surface area contributed by atoms with Crippen molar-refractivity contribution >= 4 is 24.7 Å². The van der Waals surface area contributed by atoms with E-state index in [1.807, 2.05) is 12.2 Å². The number of hydrogen-bond acceptors (Lipinski definition) is 4. The molecule has 0 unspecified atom stereocenters. The molecule has 0 aliphatic rings. The third-order valence-electron chi connectivity index (χ3n) is 1.88. The summed E-state index contributed by atoms with van der Waals surface area (Å²) in [5.74, 6) is 0.473. The second-order valence-electron chi connectivity index (χ2n) is 3.14. The maximum atomic E-state index is 11.4. The zero-order valence-corrected chi connectivity index (χ0v) is 10.1. The molecule has 0 radical (unpaired) electrons. The fourth-order valence-corrected chi connectivity index (χ4v) is 1.32. The summed E-state index contributed by atoms with van der Waals surface area (Å²) < 4.78 is 4.89. The van der Waals surface area contributed by atoms with Crippen molar-refractivity contribution in [1.29, 1.82) is 0 Å². The Morgan fingerprint density at radius 2 is 2.38 bits per heavy atom. The normalized spacial score (nSPS) is 10.6. The van der Waals surface area contributed by atoms with Gasteiger partial charge in [0.2, 0.25) is 0 Å². The second kappa shape index (κ2) is 7.06. The van der Waals surface area contributed by atoms with Crippen molar-refractivity contribution in [3.05, 3.63) is 35.7 Å². The molecule has 1 heterocycles. The van der Waals surface area contributed by atoms with Crippen molar-refractivity contribution in [1.82, 2.24) is 4.98 Å². The summed E-state index contributed by atoms with van der Waals surface area (Å²) in [5.41, 5.74) is 1.38. The van der Waals surface area contributed by atoms with Crippen molar-refractivity contribution in [2.45, 2.75) is 13.3 Å². The number of hydrogen-bond donors (Lipinski definition) is 1. The number of pyridine rings is 1. The highest BCUT2D eigenvalue weighted by atomic mass is 32.1. The predicted molar refractivity (Wildman–Crippen MR) is 67.7 cm³/mol. The molecule has 0 aliphatic heterocycles. The summed E-state index contributed by atoms with van der Waals surface area (Å²) in [6, 6.07) is 1.76. The van der Waals surface area contributed by atoms with Crippen molar-refractivity contribution in [3.8, 4) is 0 Å². The van der Waals surface area contributed by atoms with Crippen molar-refractivity contribution in [3.63, 3.8) is 0 Å². The number of nitrogens with zero attached hydrogens (tertiary/aromatic N) is 1. The van der Waals surface area contributed by atoms with Crippen LogP contribution in [0.25, 0.3) is 6.08 Å². The first-order valence-electron chi connectivity index (χ1n) is 5.17. The summed E-state index contributed by atoms with van der Waals surface area (Å²) >= 11 is 4.11. The van der Waals surface area contributed by atoms with E-state index in [0.717, 1.165) is 17.7 Å². The molecule has 1 aromatic rings. The van der Waals surface area contributed by atoms with Gasteiger partial charge in [-0.1, -0.05) is 12.2 Å². The number of ether oxygens (including phenoxy) is 1. The van der Waals surface area contributed by atoms with E-state index in [1.54, 1.807) is 19.2 Å². The van der Waals surface area contributed by atoms with Crippen LogP contribution in [0.1, 0.15) is 29.3 Å². The van der Waals surface area contributed by atoms with Crippen LogP contribution in [0.3, 0.4) is 0 Å². The second-order valence-corrected chi connectivity index (χ2v) is 3.59. The summed E-state index contributed by atoms with van der Waals surface area (Å²) in [5, 5.41) is 0. The van der Waals surface area contributed by atoms with E-state index < -0.39 is 0 Å². The molecule has 0 spiro atoms. The van der Waals surface area contributed by atoms with Gasteiger partial charge in [0.25, 0.3) is 0 Å². The minimum absolute atomic E-state index is 0.334. The van der Waals surface area contributed by atoms with Gasteiger partial charge in [0, 0.05) is 12.4 Å². The minimum atomic E-state index is -0.334. The molecule has 0 saturated carbocycles. The zero-order chi connectivity index (χ0) is 11.8. The van der Waals surface area contributed by atoms with E-state index in [9.17, 15) is 4.79 Å². The van der Waals surface area contributed by atoms with Crippen molar-refractivity contribution < 1.29 is 9.53 Å². The van der Waals surface area contributed by atoms with Crippen molar-refractivity contribution in [2.75, 3.05) is 12.4 Å². The molecule has 0 saturated heterocycles. The highest BCUT2D eigenvalue weighted by Gasteiger charge is 2.06. The van der Waals surface area contributed by atoms with Gasteiger partial charge in [0.05, 0.1) is 12.2 Å². The molecule has 0 N–H and O–H groups in total. The van der Waals surface area contributed by atoms with Crippen LogP contribution in [0.4, 0.5) is 0 Å². The van der Waals surface area contributed by atoms with Gasteiger partial charge < -0.3 is 4.74 Å². The summed E-state index contributed by atoms with van der Waals surface area (Å²) in [6.45, 7) is 2.15. The maximum absolute atomic E-state index is 11.4. The molecule has 0 fully saturated rings. The minimum Gasteiger partial charge on any atom is -0.462 e. The molecule has 1 aromatic heterocycles. The average molecular weight is 237 g/mol.